The van der Waals surface area contributed by atoms with Crippen LogP contribution < -0.4 is 10.6 Å². The van der Waals surface area contributed by atoms with E-state index >= 15 is 0 Å². The molecule has 1 atom stereocenters. The molecule has 0 spiro atoms. The van der Waals surface area contributed by atoms with E-state index in [0.717, 1.165) is 25.0 Å². The second-order valence-electron chi connectivity index (χ2n) is 5.41. The monoisotopic (exact) mass is 211 g/mol. The first kappa shape index (κ1) is 12.3. The maximum Gasteiger partial charge on any atom is 0.191 e. The van der Waals surface area contributed by atoms with Gasteiger partial charge in [-0.2, -0.15) is 0 Å². The Bertz CT molecular complexity index is 231. The molecule has 3 nitrogen and oxygen atoms in total. The summed E-state index contributed by atoms with van der Waals surface area (Å²) in [6.45, 7) is 12.9. The highest BCUT2D eigenvalue weighted by molar-refractivity contribution is 5.80. The summed E-state index contributed by atoms with van der Waals surface area (Å²) in [5, 5.41) is 6.59. The van der Waals surface area contributed by atoms with E-state index in [4.69, 9.17) is 0 Å². The summed E-state index contributed by atoms with van der Waals surface area (Å²) in [5.41, 5.74) is 0.526. The first-order valence-electron chi connectivity index (χ1n) is 6.00. The van der Waals surface area contributed by atoms with Crippen LogP contribution in [-0.2, 0) is 0 Å². The van der Waals surface area contributed by atoms with E-state index in [1.165, 1.54) is 6.42 Å². The normalized spacial score (nSPS) is 24.1. The molecular formula is C12H25N3. The van der Waals surface area contributed by atoms with Crippen molar-refractivity contribution in [1.82, 2.24) is 10.6 Å². The zero-order valence-corrected chi connectivity index (χ0v) is 10.7. The number of nitrogens with zero attached hydrogens (tertiary/aromatic N) is 1. The minimum atomic E-state index is 0.440. The van der Waals surface area contributed by atoms with Gasteiger partial charge in [-0.05, 0) is 38.5 Å². The van der Waals surface area contributed by atoms with E-state index in [9.17, 15) is 0 Å². The average molecular weight is 211 g/mol. The molecule has 1 aliphatic carbocycles. The van der Waals surface area contributed by atoms with E-state index in [1.54, 1.807) is 0 Å². The third kappa shape index (κ3) is 4.10. The van der Waals surface area contributed by atoms with Gasteiger partial charge in [0.2, 0.25) is 0 Å². The van der Waals surface area contributed by atoms with Crippen LogP contribution in [0, 0.1) is 11.3 Å². The van der Waals surface area contributed by atoms with Gasteiger partial charge in [0, 0.05) is 19.1 Å². The zero-order valence-electron chi connectivity index (χ0n) is 10.7. The summed E-state index contributed by atoms with van der Waals surface area (Å²) >= 11 is 0. The van der Waals surface area contributed by atoms with Crippen molar-refractivity contribution in [2.75, 3.05) is 13.1 Å². The zero-order chi connectivity index (χ0) is 11.5. The van der Waals surface area contributed by atoms with E-state index < -0.39 is 0 Å². The van der Waals surface area contributed by atoms with Crippen molar-refractivity contribution in [2.24, 2.45) is 16.3 Å². The lowest BCUT2D eigenvalue weighted by Crippen LogP contribution is -2.41. The van der Waals surface area contributed by atoms with Crippen LogP contribution in [0.25, 0.3) is 0 Å². The van der Waals surface area contributed by atoms with Gasteiger partial charge in [-0.15, -0.1) is 0 Å². The lowest BCUT2D eigenvalue weighted by Gasteiger charge is -2.14. The van der Waals surface area contributed by atoms with Crippen LogP contribution in [0.4, 0.5) is 0 Å². The summed E-state index contributed by atoms with van der Waals surface area (Å²) in [5.74, 6) is 1.73. The number of hydrogen-bond acceptors (Lipinski definition) is 1. The van der Waals surface area contributed by atoms with Gasteiger partial charge in [-0.25, -0.2) is 0 Å². The van der Waals surface area contributed by atoms with Gasteiger partial charge in [-0.3, -0.25) is 4.99 Å². The molecule has 0 aromatic carbocycles. The summed E-state index contributed by atoms with van der Waals surface area (Å²) in [6.07, 6.45) is 1.32. The second-order valence-corrected chi connectivity index (χ2v) is 5.41. The molecule has 1 unspecified atom stereocenters. The largest absolute Gasteiger partial charge is 0.357 e. The van der Waals surface area contributed by atoms with Crippen LogP contribution in [0.15, 0.2) is 4.99 Å². The molecule has 3 heteroatoms. The molecule has 0 heterocycles. The predicted molar refractivity (Wildman–Crippen MR) is 66.1 cm³/mol. The molecule has 0 aromatic rings. The highest BCUT2D eigenvalue weighted by Gasteiger charge is 2.45. The van der Waals surface area contributed by atoms with Gasteiger partial charge in [-0.1, -0.05) is 13.8 Å². The number of guanidine groups is 1. The predicted octanol–water partition coefficient (Wildman–Crippen LogP) is 2.00. The van der Waals surface area contributed by atoms with E-state index in [1.807, 2.05) is 0 Å². The van der Waals surface area contributed by atoms with E-state index in [2.05, 4.69) is 50.2 Å². The van der Waals surface area contributed by atoms with Gasteiger partial charge in [0.25, 0.3) is 0 Å². The Kier molecular flexibility index (Phi) is 4.00. The average Bonchev–Trinajstić information content (AvgIpc) is 2.70. The first-order valence-corrected chi connectivity index (χ1v) is 6.00. The summed E-state index contributed by atoms with van der Waals surface area (Å²) < 4.78 is 0. The molecule has 0 radical (unpaired) electrons. The Morgan fingerprint density at radius 2 is 2.07 bits per heavy atom. The van der Waals surface area contributed by atoms with E-state index in [-0.39, 0.29) is 0 Å². The molecule has 2 N–H and O–H groups in total. The van der Waals surface area contributed by atoms with Gasteiger partial charge < -0.3 is 10.6 Å². The van der Waals surface area contributed by atoms with Crippen molar-refractivity contribution in [1.29, 1.82) is 0 Å². The molecule has 1 saturated carbocycles. The second kappa shape index (κ2) is 4.86. The van der Waals surface area contributed by atoms with Gasteiger partial charge in [0.1, 0.15) is 0 Å². The van der Waals surface area contributed by atoms with Crippen LogP contribution in [-0.4, -0.2) is 25.1 Å². The molecule has 1 rings (SSSR count). The van der Waals surface area contributed by atoms with Gasteiger partial charge in [0.05, 0.1) is 0 Å². The van der Waals surface area contributed by atoms with Crippen molar-refractivity contribution >= 4 is 5.96 Å². The van der Waals surface area contributed by atoms with Crippen LogP contribution in [0.5, 0.6) is 0 Å². The molecule has 0 amide bonds. The minimum Gasteiger partial charge on any atom is -0.357 e. The Morgan fingerprint density at radius 3 is 2.47 bits per heavy atom. The smallest absolute Gasteiger partial charge is 0.191 e. The van der Waals surface area contributed by atoms with Crippen molar-refractivity contribution in [3.05, 3.63) is 0 Å². The van der Waals surface area contributed by atoms with Crippen molar-refractivity contribution in [3.63, 3.8) is 0 Å². The lowest BCUT2D eigenvalue weighted by atomic mass is 10.1. The maximum absolute atomic E-state index is 4.61. The molecule has 1 fully saturated rings. The highest BCUT2D eigenvalue weighted by Crippen LogP contribution is 2.51. The molecule has 1 aliphatic rings. The molecule has 0 aromatic heterocycles. The minimum absolute atomic E-state index is 0.440. The lowest BCUT2D eigenvalue weighted by molar-refractivity contribution is 0.563. The van der Waals surface area contributed by atoms with Crippen LogP contribution in [0.2, 0.25) is 0 Å². The van der Waals surface area contributed by atoms with Crippen molar-refractivity contribution < 1.29 is 0 Å². The molecule has 88 valence electrons. The fraction of sp³-hybridized carbons (Fsp3) is 0.917. The molecular weight excluding hydrogens is 186 g/mol. The summed E-state index contributed by atoms with van der Waals surface area (Å²) in [6, 6.07) is 0.440. The van der Waals surface area contributed by atoms with Gasteiger partial charge in [0.15, 0.2) is 5.96 Å². The van der Waals surface area contributed by atoms with Crippen LogP contribution in [0.1, 0.15) is 41.0 Å². The Labute approximate surface area is 93.7 Å². The number of hydrogen-bond donors (Lipinski definition) is 2. The third-order valence-electron chi connectivity index (χ3n) is 2.96. The Balaban J connectivity index is 2.38. The van der Waals surface area contributed by atoms with Crippen LogP contribution in [0.3, 0.4) is 0 Å². The SMILES string of the molecule is CCNC(=NCC1CC1(C)C)NC(C)C. The van der Waals surface area contributed by atoms with Crippen molar-refractivity contribution in [2.45, 2.75) is 47.1 Å². The fourth-order valence-electron chi connectivity index (χ4n) is 1.68. The Hall–Kier alpha value is -0.730. The number of nitrogens with one attached hydrogen (secondary N) is 2. The first-order chi connectivity index (χ1) is 6.95. The fourth-order valence-corrected chi connectivity index (χ4v) is 1.68. The number of rotatable bonds is 4. The topological polar surface area (TPSA) is 36.4 Å². The summed E-state index contributed by atoms with van der Waals surface area (Å²) in [4.78, 5) is 4.61. The highest BCUT2D eigenvalue weighted by atomic mass is 15.2. The van der Waals surface area contributed by atoms with E-state index in [0.29, 0.717) is 11.5 Å². The Morgan fingerprint density at radius 1 is 1.47 bits per heavy atom. The molecule has 0 bridgehead atoms. The quantitative estimate of drug-likeness (QED) is 0.551. The third-order valence-corrected chi connectivity index (χ3v) is 2.96. The van der Waals surface area contributed by atoms with Gasteiger partial charge >= 0.3 is 0 Å². The van der Waals surface area contributed by atoms with Crippen molar-refractivity contribution in [3.8, 4) is 0 Å². The molecule has 15 heavy (non-hydrogen) atoms. The van der Waals surface area contributed by atoms with Crippen LogP contribution >= 0.6 is 0 Å². The summed E-state index contributed by atoms with van der Waals surface area (Å²) in [7, 11) is 0. The molecule has 0 aliphatic heterocycles. The maximum atomic E-state index is 4.61. The number of aliphatic imine (C=N–C) groups is 1. The molecule has 0 saturated heterocycles. The standard InChI is InChI=1S/C12H25N3/c1-6-13-11(15-9(2)3)14-8-10-7-12(10,4)5/h9-10H,6-8H2,1-5H3,(H2,13,14,15).